The standard InChI is InChI=1S/C11H19NO4/c1-3-16-10(13)7-12-5-4-9(11(14)15)6-8(12)2/h8-9H,3-7H2,1-2H3,(H,14,15)/p-1. The molecule has 2 unspecified atom stereocenters. The Kier molecular flexibility index (Phi) is 4.73. The van der Waals surface area contributed by atoms with Crippen LogP contribution in [0.5, 0.6) is 0 Å². The molecule has 16 heavy (non-hydrogen) atoms. The number of nitrogens with zero attached hydrogens (tertiary/aromatic N) is 1. The van der Waals surface area contributed by atoms with Gasteiger partial charge in [-0.05, 0) is 33.2 Å². The van der Waals surface area contributed by atoms with Gasteiger partial charge in [0.05, 0.1) is 13.2 Å². The van der Waals surface area contributed by atoms with Crippen molar-refractivity contribution in [2.24, 2.45) is 5.92 Å². The van der Waals surface area contributed by atoms with E-state index in [-0.39, 0.29) is 24.5 Å². The molecule has 1 heterocycles. The first-order valence-corrected chi connectivity index (χ1v) is 5.65. The second kappa shape index (κ2) is 5.84. The summed E-state index contributed by atoms with van der Waals surface area (Å²) in [6, 6.07) is 0.0843. The fourth-order valence-corrected chi connectivity index (χ4v) is 2.04. The van der Waals surface area contributed by atoms with Gasteiger partial charge in [-0.15, -0.1) is 0 Å². The van der Waals surface area contributed by atoms with Crippen LogP contribution in [0.15, 0.2) is 0 Å². The molecule has 2 atom stereocenters. The van der Waals surface area contributed by atoms with Crippen LogP contribution >= 0.6 is 0 Å². The molecule has 1 saturated heterocycles. The van der Waals surface area contributed by atoms with E-state index in [1.165, 1.54) is 0 Å². The Morgan fingerprint density at radius 1 is 1.50 bits per heavy atom. The lowest BCUT2D eigenvalue weighted by molar-refractivity contribution is -0.313. The number of aliphatic carboxylic acids is 1. The van der Waals surface area contributed by atoms with Gasteiger partial charge in [-0.3, -0.25) is 9.69 Å². The number of carboxylic acid groups (broad SMARTS) is 1. The largest absolute Gasteiger partial charge is 0.550 e. The van der Waals surface area contributed by atoms with Crippen molar-refractivity contribution < 1.29 is 19.4 Å². The first kappa shape index (κ1) is 13.0. The summed E-state index contributed by atoms with van der Waals surface area (Å²) >= 11 is 0. The Morgan fingerprint density at radius 3 is 2.69 bits per heavy atom. The zero-order valence-corrected chi connectivity index (χ0v) is 9.77. The van der Waals surface area contributed by atoms with Crippen molar-refractivity contribution in [1.29, 1.82) is 0 Å². The first-order chi connectivity index (χ1) is 7.54. The van der Waals surface area contributed by atoms with Gasteiger partial charge in [0.2, 0.25) is 0 Å². The zero-order valence-electron chi connectivity index (χ0n) is 9.77. The molecular weight excluding hydrogens is 210 g/mol. The molecule has 92 valence electrons. The Morgan fingerprint density at radius 2 is 2.19 bits per heavy atom. The third-order valence-corrected chi connectivity index (χ3v) is 2.98. The smallest absolute Gasteiger partial charge is 0.320 e. The highest BCUT2D eigenvalue weighted by molar-refractivity contribution is 5.72. The van der Waals surface area contributed by atoms with E-state index in [2.05, 4.69) is 0 Å². The van der Waals surface area contributed by atoms with Crippen LogP contribution < -0.4 is 5.11 Å². The number of hydrogen-bond donors (Lipinski definition) is 0. The topological polar surface area (TPSA) is 69.7 Å². The number of hydrogen-bond acceptors (Lipinski definition) is 5. The van der Waals surface area contributed by atoms with Crippen LogP contribution in [0.25, 0.3) is 0 Å². The summed E-state index contributed by atoms with van der Waals surface area (Å²) in [7, 11) is 0. The molecule has 0 saturated carbocycles. The molecule has 5 nitrogen and oxygen atoms in total. The maximum atomic E-state index is 11.3. The number of carboxylic acids is 1. The summed E-state index contributed by atoms with van der Waals surface area (Å²) in [4.78, 5) is 23.9. The van der Waals surface area contributed by atoms with E-state index in [1.807, 2.05) is 11.8 Å². The summed E-state index contributed by atoms with van der Waals surface area (Å²) < 4.78 is 4.86. The number of carbonyl (C=O) groups excluding carboxylic acids is 2. The molecule has 1 rings (SSSR count). The van der Waals surface area contributed by atoms with Crippen molar-refractivity contribution in [1.82, 2.24) is 4.90 Å². The van der Waals surface area contributed by atoms with Crippen molar-refractivity contribution in [2.75, 3.05) is 19.7 Å². The van der Waals surface area contributed by atoms with Gasteiger partial charge in [0, 0.05) is 17.9 Å². The summed E-state index contributed by atoms with van der Waals surface area (Å²) in [5, 5.41) is 10.7. The van der Waals surface area contributed by atoms with E-state index >= 15 is 0 Å². The maximum absolute atomic E-state index is 11.3. The minimum atomic E-state index is -0.984. The molecule has 0 aliphatic carbocycles. The quantitative estimate of drug-likeness (QED) is 0.601. The number of likely N-dealkylation sites (tertiary alicyclic amines) is 1. The monoisotopic (exact) mass is 228 g/mol. The molecule has 1 aliphatic heterocycles. The van der Waals surface area contributed by atoms with Gasteiger partial charge in [-0.1, -0.05) is 0 Å². The molecule has 0 amide bonds. The molecule has 0 aromatic heterocycles. The fourth-order valence-electron chi connectivity index (χ4n) is 2.04. The predicted molar refractivity (Wildman–Crippen MR) is 55.4 cm³/mol. The number of ether oxygens (including phenoxy) is 1. The Bertz CT molecular complexity index is 267. The highest BCUT2D eigenvalue weighted by atomic mass is 16.5. The minimum absolute atomic E-state index is 0.0843. The Balaban J connectivity index is 2.41. The second-order valence-electron chi connectivity index (χ2n) is 4.16. The molecule has 0 radical (unpaired) electrons. The van der Waals surface area contributed by atoms with E-state index < -0.39 is 5.97 Å². The summed E-state index contributed by atoms with van der Waals surface area (Å²) in [5.74, 6) is -1.61. The van der Waals surface area contributed by atoms with Gasteiger partial charge in [0.25, 0.3) is 0 Å². The van der Waals surface area contributed by atoms with E-state index in [0.29, 0.717) is 26.0 Å². The molecular formula is C11H18NO4-. The maximum Gasteiger partial charge on any atom is 0.320 e. The number of carbonyl (C=O) groups is 2. The summed E-state index contributed by atoms with van der Waals surface area (Å²) in [6.45, 7) is 4.92. The van der Waals surface area contributed by atoms with E-state index in [4.69, 9.17) is 4.74 Å². The van der Waals surface area contributed by atoms with Crippen LogP contribution in [0, 0.1) is 5.92 Å². The van der Waals surface area contributed by atoms with E-state index in [0.717, 1.165) is 0 Å². The molecule has 1 fully saturated rings. The normalized spacial score (nSPS) is 26.4. The van der Waals surface area contributed by atoms with Crippen LogP contribution in [0.2, 0.25) is 0 Å². The zero-order chi connectivity index (χ0) is 12.1. The van der Waals surface area contributed by atoms with Gasteiger partial charge in [0.1, 0.15) is 0 Å². The summed E-state index contributed by atoms with van der Waals surface area (Å²) in [5.41, 5.74) is 0. The first-order valence-electron chi connectivity index (χ1n) is 5.65. The lowest BCUT2D eigenvalue weighted by atomic mass is 9.92. The van der Waals surface area contributed by atoms with Crippen molar-refractivity contribution in [3.63, 3.8) is 0 Å². The third kappa shape index (κ3) is 3.48. The molecule has 0 aromatic rings. The molecule has 0 spiro atoms. The van der Waals surface area contributed by atoms with Gasteiger partial charge < -0.3 is 14.6 Å². The Hall–Kier alpha value is -1.10. The van der Waals surface area contributed by atoms with E-state index in [1.54, 1.807) is 6.92 Å². The van der Waals surface area contributed by atoms with E-state index in [9.17, 15) is 14.7 Å². The van der Waals surface area contributed by atoms with Crippen LogP contribution in [0.1, 0.15) is 26.7 Å². The number of rotatable bonds is 4. The van der Waals surface area contributed by atoms with Gasteiger partial charge in [0.15, 0.2) is 0 Å². The minimum Gasteiger partial charge on any atom is -0.550 e. The fraction of sp³-hybridized carbons (Fsp3) is 0.818. The number of esters is 1. The van der Waals surface area contributed by atoms with Crippen molar-refractivity contribution >= 4 is 11.9 Å². The van der Waals surface area contributed by atoms with Gasteiger partial charge in [-0.2, -0.15) is 0 Å². The highest BCUT2D eigenvalue weighted by Crippen LogP contribution is 2.21. The van der Waals surface area contributed by atoms with Crippen molar-refractivity contribution in [3.8, 4) is 0 Å². The third-order valence-electron chi connectivity index (χ3n) is 2.98. The highest BCUT2D eigenvalue weighted by Gasteiger charge is 2.27. The average Bonchev–Trinajstić information content (AvgIpc) is 2.21. The van der Waals surface area contributed by atoms with Gasteiger partial charge >= 0.3 is 5.97 Å². The molecule has 1 aliphatic rings. The van der Waals surface area contributed by atoms with Crippen molar-refractivity contribution in [2.45, 2.75) is 32.7 Å². The SMILES string of the molecule is CCOC(=O)CN1CCC(C(=O)[O-])CC1C. The molecule has 0 aromatic carbocycles. The van der Waals surface area contributed by atoms with Crippen LogP contribution in [-0.4, -0.2) is 42.6 Å². The molecule has 0 N–H and O–H groups in total. The average molecular weight is 228 g/mol. The van der Waals surface area contributed by atoms with Crippen LogP contribution in [-0.2, 0) is 14.3 Å². The number of piperidine rings is 1. The second-order valence-corrected chi connectivity index (χ2v) is 4.16. The van der Waals surface area contributed by atoms with Crippen molar-refractivity contribution in [3.05, 3.63) is 0 Å². The lowest BCUT2D eigenvalue weighted by Gasteiger charge is -2.37. The Labute approximate surface area is 95.4 Å². The predicted octanol–water partition coefficient (Wildman–Crippen LogP) is -0.600. The lowest BCUT2D eigenvalue weighted by Crippen LogP contribution is -2.47. The van der Waals surface area contributed by atoms with Crippen LogP contribution in [0.4, 0.5) is 0 Å². The van der Waals surface area contributed by atoms with Crippen LogP contribution in [0.3, 0.4) is 0 Å². The molecule has 0 bridgehead atoms. The summed E-state index contributed by atoms with van der Waals surface area (Å²) in [6.07, 6.45) is 1.09. The van der Waals surface area contributed by atoms with Gasteiger partial charge in [-0.25, -0.2) is 0 Å². The molecule has 5 heteroatoms.